The Balaban J connectivity index is 3.32. The summed E-state index contributed by atoms with van der Waals surface area (Å²) >= 11 is 8.14. The molecule has 0 radical (unpaired) electrons. The van der Waals surface area contributed by atoms with Gasteiger partial charge in [0.2, 0.25) is 4.38 Å². The zero-order chi connectivity index (χ0) is 5.86. The van der Waals surface area contributed by atoms with Crippen LogP contribution in [0.25, 0.3) is 0 Å². The highest BCUT2D eigenvalue weighted by Crippen LogP contribution is 1.94. The Labute approximate surface area is 53.8 Å². The Morgan fingerprint density at radius 3 is 2.29 bits per heavy atom. The highest BCUT2D eigenvalue weighted by Gasteiger charge is 1.84. The SMILES string of the molecule is C=C(C)OC(=S)S. The Bertz CT molecular complexity index is 85.9. The molecule has 0 aromatic carbocycles. The predicted molar refractivity (Wildman–Crippen MR) is 37.5 cm³/mol. The van der Waals surface area contributed by atoms with E-state index in [-0.39, 0.29) is 4.38 Å². The van der Waals surface area contributed by atoms with Crippen LogP contribution in [0, 0.1) is 0 Å². The second kappa shape index (κ2) is 3.04. The highest BCUT2D eigenvalue weighted by atomic mass is 32.1. The monoisotopic (exact) mass is 134 g/mol. The van der Waals surface area contributed by atoms with Crippen molar-refractivity contribution >= 4 is 29.2 Å². The molecule has 0 bridgehead atoms. The molecular formula is C4H6OS2. The molecule has 40 valence electrons. The van der Waals surface area contributed by atoms with Gasteiger partial charge in [0.15, 0.2) is 0 Å². The second-order valence-corrected chi connectivity index (χ2v) is 2.15. The first kappa shape index (κ1) is 6.98. The summed E-state index contributed by atoms with van der Waals surface area (Å²) in [6.07, 6.45) is 0. The fourth-order valence-corrected chi connectivity index (χ4v) is 0.447. The largest absolute Gasteiger partial charge is 0.445 e. The van der Waals surface area contributed by atoms with E-state index in [1.807, 2.05) is 0 Å². The number of hydrogen-bond donors (Lipinski definition) is 1. The third-order valence-corrected chi connectivity index (χ3v) is 0.436. The van der Waals surface area contributed by atoms with E-state index < -0.39 is 0 Å². The first-order valence-corrected chi connectivity index (χ1v) is 2.54. The molecule has 0 atom stereocenters. The molecule has 0 spiro atoms. The molecule has 0 rings (SSSR count). The summed E-state index contributed by atoms with van der Waals surface area (Å²) in [5.74, 6) is 0.569. The maximum absolute atomic E-state index is 4.65. The molecule has 0 aliphatic rings. The van der Waals surface area contributed by atoms with Crippen molar-refractivity contribution in [2.24, 2.45) is 0 Å². The Hall–Kier alpha value is -0.0200. The normalized spacial score (nSPS) is 7.71. The fourth-order valence-electron chi connectivity index (χ4n) is 0.149. The lowest BCUT2D eigenvalue weighted by Crippen LogP contribution is -1.86. The number of thiol groups is 1. The third-order valence-electron chi connectivity index (χ3n) is 0.262. The van der Waals surface area contributed by atoms with Crippen LogP contribution in [-0.4, -0.2) is 4.38 Å². The summed E-state index contributed by atoms with van der Waals surface area (Å²) in [7, 11) is 0. The first-order chi connectivity index (χ1) is 3.13. The summed E-state index contributed by atoms with van der Waals surface area (Å²) in [6, 6.07) is 0. The summed E-state index contributed by atoms with van der Waals surface area (Å²) < 4.78 is 4.87. The van der Waals surface area contributed by atoms with Gasteiger partial charge in [0, 0.05) is 0 Å². The minimum absolute atomic E-state index is 0.215. The van der Waals surface area contributed by atoms with Gasteiger partial charge >= 0.3 is 0 Å². The topological polar surface area (TPSA) is 9.23 Å². The van der Waals surface area contributed by atoms with Gasteiger partial charge in [0.05, 0.1) is 5.76 Å². The van der Waals surface area contributed by atoms with Gasteiger partial charge in [0.1, 0.15) is 0 Å². The van der Waals surface area contributed by atoms with Crippen LogP contribution in [0.5, 0.6) is 0 Å². The zero-order valence-electron chi connectivity index (χ0n) is 3.97. The van der Waals surface area contributed by atoms with Crippen LogP contribution >= 0.6 is 24.8 Å². The number of thiocarbonyl (C=S) groups is 1. The number of hydrogen-bond acceptors (Lipinski definition) is 2. The second-order valence-electron chi connectivity index (χ2n) is 1.07. The van der Waals surface area contributed by atoms with Gasteiger partial charge in [-0.2, -0.15) is 0 Å². The van der Waals surface area contributed by atoms with Crippen molar-refractivity contribution in [1.82, 2.24) is 0 Å². The molecule has 0 N–H and O–H groups in total. The molecule has 0 aromatic rings. The molecule has 0 heterocycles. The molecule has 7 heavy (non-hydrogen) atoms. The molecule has 0 aliphatic carbocycles. The van der Waals surface area contributed by atoms with Gasteiger partial charge in [0.25, 0.3) is 0 Å². The van der Waals surface area contributed by atoms with Crippen LogP contribution in [0.15, 0.2) is 12.3 Å². The molecule has 0 unspecified atom stereocenters. The lowest BCUT2D eigenvalue weighted by molar-refractivity contribution is 0.443. The minimum Gasteiger partial charge on any atom is -0.445 e. The molecule has 0 saturated heterocycles. The number of rotatable bonds is 1. The Morgan fingerprint density at radius 1 is 1.86 bits per heavy atom. The molecule has 0 aliphatic heterocycles. The minimum atomic E-state index is 0.215. The lowest BCUT2D eigenvalue weighted by atomic mass is 10.7. The van der Waals surface area contributed by atoms with E-state index in [0.717, 1.165) is 0 Å². The predicted octanol–water partition coefficient (Wildman–Crippen LogP) is 1.75. The van der Waals surface area contributed by atoms with Crippen molar-refractivity contribution in [2.45, 2.75) is 6.92 Å². The lowest BCUT2D eigenvalue weighted by Gasteiger charge is -1.95. The van der Waals surface area contributed by atoms with Gasteiger partial charge in [-0.1, -0.05) is 19.2 Å². The van der Waals surface area contributed by atoms with E-state index in [0.29, 0.717) is 5.76 Å². The molecule has 0 aromatic heterocycles. The Kier molecular flexibility index (Phi) is 3.04. The van der Waals surface area contributed by atoms with Crippen molar-refractivity contribution in [3.8, 4) is 0 Å². The highest BCUT2D eigenvalue weighted by molar-refractivity contribution is 8.10. The van der Waals surface area contributed by atoms with Gasteiger partial charge in [-0.05, 0) is 19.1 Å². The van der Waals surface area contributed by atoms with E-state index in [9.17, 15) is 0 Å². The van der Waals surface area contributed by atoms with Crippen molar-refractivity contribution in [3.63, 3.8) is 0 Å². The van der Waals surface area contributed by atoms with Crippen molar-refractivity contribution < 1.29 is 4.74 Å². The summed E-state index contributed by atoms with van der Waals surface area (Å²) in [5, 5.41) is 0. The van der Waals surface area contributed by atoms with Gasteiger partial charge < -0.3 is 4.74 Å². The fraction of sp³-hybridized carbons (Fsp3) is 0.250. The average Bonchev–Trinajstić information content (AvgIpc) is 1.27. The summed E-state index contributed by atoms with van der Waals surface area (Å²) in [6.45, 7) is 5.15. The summed E-state index contributed by atoms with van der Waals surface area (Å²) in [4.78, 5) is 0. The first-order valence-electron chi connectivity index (χ1n) is 1.69. The molecule has 1 nitrogen and oxygen atoms in total. The van der Waals surface area contributed by atoms with Gasteiger partial charge in [-0.25, -0.2) is 0 Å². The molecule has 0 fully saturated rings. The van der Waals surface area contributed by atoms with E-state index >= 15 is 0 Å². The molecule has 0 amide bonds. The molecule has 3 heteroatoms. The van der Waals surface area contributed by atoms with E-state index in [1.165, 1.54) is 0 Å². The van der Waals surface area contributed by atoms with Crippen LogP contribution in [0.2, 0.25) is 0 Å². The Morgan fingerprint density at radius 2 is 2.29 bits per heavy atom. The van der Waals surface area contributed by atoms with E-state index in [2.05, 4.69) is 36.2 Å². The molecular weight excluding hydrogens is 128 g/mol. The van der Waals surface area contributed by atoms with E-state index in [4.69, 9.17) is 0 Å². The van der Waals surface area contributed by atoms with Crippen molar-refractivity contribution in [1.29, 1.82) is 0 Å². The van der Waals surface area contributed by atoms with Crippen LogP contribution in [-0.2, 0) is 4.74 Å². The third kappa shape index (κ3) is 5.98. The standard InChI is InChI=1S/C4H6OS2/c1-3(2)5-4(6)7/h1H2,2H3,(H,6,7). The quantitative estimate of drug-likeness (QED) is 0.332. The van der Waals surface area contributed by atoms with Crippen LogP contribution in [0.1, 0.15) is 6.92 Å². The van der Waals surface area contributed by atoms with Crippen LogP contribution in [0.4, 0.5) is 0 Å². The summed E-state index contributed by atoms with van der Waals surface area (Å²) in [5.41, 5.74) is 0. The number of ether oxygens (including phenoxy) is 1. The van der Waals surface area contributed by atoms with Gasteiger partial charge in [-0.15, -0.1) is 0 Å². The van der Waals surface area contributed by atoms with Crippen molar-refractivity contribution in [3.05, 3.63) is 12.3 Å². The van der Waals surface area contributed by atoms with Crippen molar-refractivity contribution in [2.75, 3.05) is 0 Å². The van der Waals surface area contributed by atoms with Crippen LogP contribution < -0.4 is 0 Å². The molecule has 0 saturated carbocycles. The maximum atomic E-state index is 4.65. The van der Waals surface area contributed by atoms with E-state index in [1.54, 1.807) is 6.92 Å². The zero-order valence-corrected chi connectivity index (χ0v) is 5.68. The average molecular weight is 134 g/mol. The maximum Gasteiger partial charge on any atom is 0.222 e. The van der Waals surface area contributed by atoms with Gasteiger partial charge in [-0.3, -0.25) is 0 Å². The number of allylic oxidation sites excluding steroid dienone is 1. The smallest absolute Gasteiger partial charge is 0.222 e. The van der Waals surface area contributed by atoms with Crippen LogP contribution in [0.3, 0.4) is 0 Å².